The predicted octanol–water partition coefficient (Wildman–Crippen LogP) is 2.91. The van der Waals surface area contributed by atoms with Crippen LogP contribution < -0.4 is 10.1 Å². The minimum atomic E-state index is 0.658. The van der Waals surface area contributed by atoms with Gasteiger partial charge >= 0.3 is 0 Å². The Morgan fingerprint density at radius 2 is 2.00 bits per heavy atom. The van der Waals surface area contributed by atoms with Crippen molar-refractivity contribution >= 4 is 0 Å². The summed E-state index contributed by atoms with van der Waals surface area (Å²) in [6.45, 7) is 7.55. The van der Waals surface area contributed by atoms with Crippen molar-refractivity contribution in [1.82, 2.24) is 10.2 Å². The molecular formula is C16H28N2O. The molecule has 0 aliphatic heterocycles. The molecule has 3 heteroatoms. The summed E-state index contributed by atoms with van der Waals surface area (Å²) in [4.78, 5) is 2.34. The Morgan fingerprint density at radius 3 is 2.63 bits per heavy atom. The lowest BCUT2D eigenvalue weighted by atomic mass is 10.2. The zero-order chi connectivity index (χ0) is 14.1. The lowest BCUT2D eigenvalue weighted by Crippen LogP contribution is -2.35. The van der Waals surface area contributed by atoms with E-state index in [0.29, 0.717) is 6.04 Å². The van der Waals surface area contributed by atoms with Gasteiger partial charge in [0.25, 0.3) is 0 Å². The number of likely N-dealkylation sites (N-methyl/N-ethyl adjacent to an activating group) is 1. The summed E-state index contributed by atoms with van der Waals surface area (Å²) in [5, 5.41) is 3.59. The summed E-state index contributed by atoms with van der Waals surface area (Å²) in [6, 6.07) is 8.94. The molecule has 0 aromatic heterocycles. The lowest BCUT2D eigenvalue weighted by molar-refractivity contribution is 0.313. The maximum atomic E-state index is 5.25. The van der Waals surface area contributed by atoms with E-state index in [-0.39, 0.29) is 0 Å². The first-order chi connectivity index (χ1) is 9.19. The summed E-state index contributed by atoms with van der Waals surface area (Å²) in [5.74, 6) is 0.932. The topological polar surface area (TPSA) is 24.5 Å². The summed E-state index contributed by atoms with van der Waals surface area (Å²) in [6.07, 6.45) is 2.41. The summed E-state index contributed by atoms with van der Waals surface area (Å²) < 4.78 is 5.25. The van der Waals surface area contributed by atoms with Crippen LogP contribution in [0.15, 0.2) is 24.3 Å². The van der Waals surface area contributed by atoms with Crippen LogP contribution in [0.3, 0.4) is 0 Å². The molecule has 3 nitrogen and oxygen atoms in total. The van der Waals surface area contributed by atoms with Crippen LogP contribution in [0.5, 0.6) is 5.75 Å². The van der Waals surface area contributed by atoms with Gasteiger partial charge in [-0.05, 0) is 37.6 Å². The second-order valence-corrected chi connectivity index (χ2v) is 5.06. The normalized spacial score (nSPS) is 11.3. The van der Waals surface area contributed by atoms with Gasteiger partial charge in [-0.15, -0.1) is 0 Å². The van der Waals surface area contributed by atoms with Crippen molar-refractivity contribution in [3.63, 3.8) is 0 Å². The summed E-state index contributed by atoms with van der Waals surface area (Å²) >= 11 is 0. The molecule has 1 N–H and O–H groups in total. The van der Waals surface area contributed by atoms with E-state index in [4.69, 9.17) is 4.74 Å². The molecule has 108 valence electrons. The van der Waals surface area contributed by atoms with Gasteiger partial charge in [0.1, 0.15) is 5.75 Å². The number of rotatable bonds is 9. The predicted molar refractivity (Wildman–Crippen MR) is 81.7 cm³/mol. The van der Waals surface area contributed by atoms with E-state index in [1.165, 1.54) is 18.4 Å². The van der Waals surface area contributed by atoms with Crippen LogP contribution in [0.25, 0.3) is 0 Å². The Hall–Kier alpha value is -1.06. The van der Waals surface area contributed by atoms with Crippen molar-refractivity contribution in [3.05, 3.63) is 29.8 Å². The highest BCUT2D eigenvalue weighted by Crippen LogP contribution is 2.13. The molecule has 0 aliphatic carbocycles. The van der Waals surface area contributed by atoms with Gasteiger partial charge in [0.2, 0.25) is 0 Å². The van der Waals surface area contributed by atoms with Crippen molar-refractivity contribution in [2.45, 2.75) is 39.3 Å². The zero-order valence-corrected chi connectivity index (χ0v) is 12.8. The Labute approximate surface area is 118 Å². The highest BCUT2D eigenvalue weighted by atomic mass is 16.5. The Morgan fingerprint density at radius 1 is 1.26 bits per heavy atom. The molecule has 19 heavy (non-hydrogen) atoms. The number of benzene rings is 1. The first-order valence-corrected chi connectivity index (χ1v) is 7.24. The molecular weight excluding hydrogens is 236 g/mol. The molecule has 0 amide bonds. The van der Waals surface area contributed by atoms with Gasteiger partial charge < -0.3 is 15.0 Å². The van der Waals surface area contributed by atoms with Gasteiger partial charge in [-0.1, -0.05) is 26.0 Å². The molecule has 0 aliphatic rings. The second-order valence-electron chi connectivity index (χ2n) is 5.06. The number of ether oxygens (including phenoxy) is 1. The Kier molecular flexibility index (Phi) is 7.53. The number of nitrogens with zero attached hydrogens (tertiary/aromatic N) is 1. The van der Waals surface area contributed by atoms with E-state index in [1.54, 1.807) is 7.11 Å². The average Bonchev–Trinajstić information content (AvgIpc) is 2.44. The molecule has 1 aromatic rings. The molecule has 0 heterocycles. The third-order valence-electron chi connectivity index (χ3n) is 3.50. The van der Waals surface area contributed by atoms with E-state index < -0.39 is 0 Å². The maximum absolute atomic E-state index is 5.25. The molecule has 0 fully saturated rings. The zero-order valence-electron chi connectivity index (χ0n) is 12.8. The number of hydrogen-bond acceptors (Lipinski definition) is 3. The fourth-order valence-corrected chi connectivity index (χ4v) is 2.20. The van der Waals surface area contributed by atoms with Gasteiger partial charge in [0.05, 0.1) is 7.11 Å². The minimum Gasteiger partial charge on any atom is -0.497 e. The smallest absolute Gasteiger partial charge is 0.119 e. The third-order valence-corrected chi connectivity index (χ3v) is 3.50. The van der Waals surface area contributed by atoms with Crippen LogP contribution in [0.1, 0.15) is 32.3 Å². The Balaban J connectivity index is 2.32. The van der Waals surface area contributed by atoms with Crippen LogP contribution in [0.2, 0.25) is 0 Å². The molecule has 0 atom stereocenters. The monoisotopic (exact) mass is 264 g/mol. The van der Waals surface area contributed by atoms with Crippen molar-refractivity contribution in [1.29, 1.82) is 0 Å². The second kappa shape index (κ2) is 8.94. The van der Waals surface area contributed by atoms with E-state index in [9.17, 15) is 0 Å². The quantitative estimate of drug-likeness (QED) is 0.742. The van der Waals surface area contributed by atoms with Gasteiger partial charge in [0.15, 0.2) is 0 Å². The number of methoxy groups -OCH3 is 1. The van der Waals surface area contributed by atoms with Crippen LogP contribution >= 0.6 is 0 Å². The highest BCUT2D eigenvalue weighted by Gasteiger charge is 2.04. The number of hydrogen-bond donors (Lipinski definition) is 1. The van der Waals surface area contributed by atoms with Gasteiger partial charge in [-0.2, -0.15) is 0 Å². The molecule has 0 bridgehead atoms. The average molecular weight is 264 g/mol. The summed E-state index contributed by atoms with van der Waals surface area (Å²) in [5.41, 5.74) is 1.30. The third kappa shape index (κ3) is 6.08. The largest absolute Gasteiger partial charge is 0.497 e. The molecule has 0 saturated heterocycles. The standard InChI is InChI=1S/C16H28N2O/c1-5-15(6-2)17-10-11-18(3)13-14-8-7-9-16(12-14)19-4/h7-9,12,15,17H,5-6,10-11,13H2,1-4H3. The van der Waals surface area contributed by atoms with Crippen molar-refractivity contribution < 1.29 is 4.74 Å². The van der Waals surface area contributed by atoms with Crippen molar-refractivity contribution in [2.24, 2.45) is 0 Å². The van der Waals surface area contributed by atoms with Gasteiger partial charge in [-0.25, -0.2) is 0 Å². The van der Waals surface area contributed by atoms with Crippen LogP contribution in [-0.4, -0.2) is 38.2 Å². The van der Waals surface area contributed by atoms with Crippen LogP contribution in [0.4, 0.5) is 0 Å². The minimum absolute atomic E-state index is 0.658. The molecule has 1 rings (SSSR count). The number of nitrogens with one attached hydrogen (secondary N) is 1. The van der Waals surface area contributed by atoms with Crippen LogP contribution in [-0.2, 0) is 6.54 Å². The van der Waals surface area contributed by atoms with Crippen LogP contribution in [0, 0.1) is 0 Å². The van der Waals surface area contributed by atoms with E-state index >= 15 is 0 Å². The molecule has 1 aromatic carbocycles. The summed E-state index contributed by atoms with van der Waals surface area (Å²) in [7, 11) is 3.87. The van der Waals surface area contributed by atoms with Crippen molar-refractivity contribution in [3.8, 4) is 5.75 Å². The van der Waals surface area contributed by atoms with E-state index in [0.717, 1.165) is 25.4 Å². The fourth-order valence-electron chi connectivity index (χ4n) is 2.20. The highest BCUT2D eigenvalue weighted by molar-refractivity contribution is 5.28. The maximum Gasteiger partial charge on any atom is 0.119 e. The van der Waals surface area contributed by atoms with E-state index in [1.807, 2.05) is 12.1 Å². The first-order valence-electron chi connectivity index (χ1n) is 7.24. The molecule has 0 spiro atoms. The SMILES string of the molecule is CCC(CC)NCCN(C)Cc1cccc(OC)c1. The van der Waals surface area contributed by atoms with Gasteiger partial charge in [-0.3, -0.25) is 0 Å². The fraction of sp³-hybridized carbons (Fsp3) is 0.625. The van der Waals surface area contributed by atoms with Crippen molar-refractivity contribution in [2.75, 3.05) is 27.2 Å². The molecule has 0 unspecified atom stereocenters. The Bertz CT molecular complexity index is 350. The van der Waals surface area contributed by atoms with E-state index in [2.05, 4.69) is 43.2 Å². The first kappa shape index (κ1) is 16.0. The molecule has 0 saturated carbocycles. The van der Waals surface area contributed by atoms with Gasteiger partial charge in [0, 0.05) is 25.7 Å². The molecule has 0 radical (unpaired) electrons. The lowest BCUT2D eigenvalue weighted by Gasteiger charge is -2.20.